The van der Waals surface area contributed by atoms with Crippen LogP contribution >= 0.6 is 11.8 Å². The van der Waals surface area contributed by atoms with Crippen molar-refractivity contribution >= 4 is 23.7 Å². The molecule has 0 amide bonds. The zero-order valence-corrected chi connectivity index (χ0v) is 13.7. The molecule has 0 saturated heterocycles. The number of halogens is 3. The molecular formula is C17H13F3O4S. The Kier molecular flexibility index (Phi) is 5.42. The lowest BCUT2D eigenvalue weighted by Crippen LogP contribution is -2.12. The van der Waals surface area contributed by atoms with Crippen molar-refractivity contribution in [1.82, 2.24) is 0 Å². The van der Waals surface area contributed by atoms with E-state index in [4.69, 9.17) is 5.11 Å². The van der Waals surface area contributed by atoms with Gasteiger partial charge >= 0.3 is 18.1 Å². The van der Waals surface area contributed by atoms with Gasteiger partial charge in [0.05, 0.1) is 11.1 Å². The van der Waals surface area contributed by atoms with Gasteiger partial charge in [0.1, 0.15) is 5.25 Å². The molecule has 0 aliphatic carbocycles. The van der Waals surface area contributed by atoms with Crippen LogP contribution in [-0.4, -0.2) is 27.4 Å². The summed E-state index contributed by atoms with van der Waals surface area (Å²) in [5.74, 6) is -2.47. The molecule has 1 atom stereocenters. The molecule has 0 spiro atoms. The van der Waals surface area contributed by atoms with Gasteiger partial charge in [0, 0.05) is 4.90 Å². The third-order valence-corrected chi connectivity index (χ3v) is 4.49. The summed E-state index contributed by atoms with van der Waals surface area (Å²) in [4.78, 5) is 22.3. The second-order valence-corrected chi connectivity index (χ2v) is 6.57. The molecule has 4 nitrogen and oxygen atoms in total. The van der Waals surface area contributed by atoms with Gasteiger partial charge in [-0.15, -0.1) is 11.8 Å². The van der Waals surface area contributed by atoms with Gasteiger partial charge in [-0.2, -0.15) is 13.2 Å². The molecule has 2 N–H and O–H groups in total. The van der Waals surface area contributed by atoms with E-state index in [0.29, 0.717) is 0 Å². The van der Waals surface area contributed by atoms with Gasteiger partial charge in [-0.25, -0.2) is 4.79 Å². The number of aromatic carboxylic acids is 1. The molecule has 0 heterocycles. The first-order valence-corrected chi connectivity index (χ1v) is 7.92. The fourth-order valence-corrected chi connectivity index (χ4v) is 3.07. The van der Waals surface area contributed by atoms with Gasteiger partial charge in [-0.05, 0) is 36.2 Å². The molecule has 2 rings (SSSR count). The highest BCUT2D eigenvalue weighted by Gasteiger charge is 2.35. The second-order valence-electron chi connectivity index (χ2n) is 5.15. The Bertz CT molecular complexity index is 818. The van der Waals surface area contributed by atoms with Crippen molar-refractivity contribution < 1.29 is 33.0 Å². The first-order chi connectivity index (χ1) is 11.6. The maximum Gasteiger partial charge on any atom is 0.417 e. The van der Waals surface area contributed by atoms with E-state index in [1.165, 1.54) is 43.3 Å². The van der Waals surface area contributed by atoms with E-state index < -0.39 is 28.9 Å². The van der Waals surface area contributed by atoms with Crippen molar-refractivity contribution in [3.63, 3.8) is 0 Å². The third kappa shape index (κ3) is 4.33. The van der Waals surface area contributed by atoms with Crippen LogP contribution in [-0.2, 0) is 11.0 Å². The Balaban J connectivity index is 2.60. The number of thioether (sulfide) groups is 1. The zero-order chi connectivity index (χ0) is 18.8. The quantitative estimate of drug-likeness (QED) is 0.751. The fourth-order valence-electron chi connectivity index (χ4n) is 2.23. The van der Waals surface area contributed by atoms with E-state index in [1.54, 1.807) is 0 Å². The van der Waals surface area contributed by atoms with E-state index in [-0.39, 0.29) is 21.6 Å². The fraction of sp³-hybridized carbons (Fsp3) is 0.176. The standard InChI is InChI=1S/C17H13F3O4S/c1-9(15(21)22)25-10-6-7-12(14(8-10)17(18,19)20)11-4-2-3-5-13(11)16(23)24/h2-9H,1H3,(H,21,22)(H,23,24). The predicted octanol–water partition coefficient (Wildman–Crippen LogP) is 4.64. The predicted molar refractivity (Wildman–Crippen MR) is 86.8 cm³/mol. The lowest BCUT2D eigenvalue weighted by atomic mass is 9.95. The maximum atomic E-state index is 13.5. The molecule has 0 saturated carbocycles. The monoisotopic (exact) mass is 370 g/mol. The van der Waals surface area contributed by atoms with Gasteiger partial charge in [-0.3, -0.25) is 4.79 Å². The average Bonchev–Trinajstić information content (AvgIpc) is 2.53. The van der Waals surface area contributed by atoms with Crippen LogP contribution in [0.25, 0.3) is 11.1 Å². The van der Waals surface area contributed by atoms with Crippen molar-refractivity contribution in [1.29, 1.82) is 0 Å². The number of aliphatic carboxylic acids is 1. The minimum atomic E-state index is -4.72. The normalized spacial score (nSPS) is 12.6. The third-order valence-electron chi connectivity index (χ3n) is 3.40. The molecule has 0 bridgehead atoms. The Morgan fingerprint density at radius 3 is 2.24 bits per heavy atom. The molecule has 2 aromatic carbocycles. The van der Waals surface area contributed by atoms with Crippen molar-refractivity contribution in [2.24, 2.45) is 0 Å². The molecule has 1 unspecified atom stereocenters. The number of carboxylic acid groups (broad SMARTS) is 2. The summed E-state index contributed by atoms with van der Waals surface area (Å²) < 4.78 is 40.4. The van der Waals surface area contributed by atoms with Gasteiger partial charge in [-0.1, -0.05) is 24.3 Å². The molecule has 0 aromatic heterocycles. The number of carbonyl (C=O) groups is 2. The first kappa shape index (κ1) is 18.9. The molecule has 132 valence electrons. The van der Waals surface area contributed by atoms with E-state index >= 15 is 0 Å². The summed E-state index contributed by atoms with van der Waals surface area (Å²) >= 11 is 0.780. The lowest BCUT2D eigenvalue weighted by Gasteiger charge is -2.16. The summed E-state index contributed by atoms with van der Waals surface area (Å²) in [6.07, 6.45) is -4.72. The first-order valence-electron chi connectivity index (χ1n) is 7.04. The van der Waals surface area contributed by atoms with E-state index in [9.17, 15) is 27.9 Å². The molecule has 25 heavy (non-hydrogen) atoms. The highest BCUT2D eigenvalue weighted by Crippen LogP contribution is 2.40. The molecule has 2 aromatic rings. The van der Waals surface area contributed by atoms with Crippen LogP contribution < -0.4 is 0 Å². The number of rotatable bonds is 5. The van der Waals surface area contributed by atoms with Crippen molar-refractivity contribution in [2.75, 3.05) is 0 Å². The summed E-state index contributed by atoms with van der Waals surface area (Å²) in [6, 6.07) is 8.79. The molecular weight excluding hydrogens is 357 g/mol. The van der Waals surface area contributed by atoms with Crippen LogP contribution in [0.5, 0.6) is 0 Å². The SMILES string of the molecule is CC(Sc1ccc(-c2ccccc2C(=O)O)c(C(F)(F)F)c1)C(=O)O. The van der Waals surface area contributed by atoms with Crippen LogP contribution in [0, 0.1) is 0 Å². The van der Waals surface area contributed by atoms with E-state index in [2.05, 4.69) is 0 Å². The second kappa shape index (κ2) is 7.18. The van der Waals surface area contributed by atoms with Crippen molar-refractivity contribution in [3.8, 4) is 11.1 Å². The number of hydrogen-bond acceptors (Lipinski definition) is 3. The lowest BCUT2D eigenvalue weighted by molar-refractivity contribution is -0.137. The maximum absolute atomic E-state index is 13.5. The molecule has 0 fully saturated rings. The molecule has 8 heteroatoms. The molecule has 0 radical (unpaired) electrons. The van der Waals surface area contributed by atoms with Crippen LogP contribution in [0.3, 0.4) is 0 Å². The van der Waals surface area contributed by atoms with Crippen molar-refractivity contribution in [3.05, 3.63) is 53.6 Å². The largest absolute Gasteiger partial charge is 0.480 e. The number of carboxylic acids is 2. The topological polar surface area (TPSA) is 74.6 Å². The summed E-state index contributed by atoms with van der Waals surface area (Å²) in [5, 5.41) is 17.2. The van der Waals surface area contributed by atoms with E-state index in [1.807, 2.05) is 0 Å². The highest BCUT2D eigenvalue weighted by molar-refractivity contribution is 8.00. The van der Waals surface area contributed by atoms with Gasteiger partial charge in [0.15, 0.2) is 0 Å². The number of alkyl halides is 3. The summed E-state index contributed by atoms with van der Waals surface area (Å²) in [5.41, 5.74) is -1.57. The zero-order valence-electron chi connectivity index (χ0n) is 12.9. The van der Waals surface area contributed by atoms with Crippen LogP contribution in [0.1, 0.15) is 22.8 Å². The Morgan fingerprint density at radius 1 is 1.04 bits per heavy atom. The van der Waals surface area contributed by atoms with Gasteiger partial charge in [0.2, 0.25) is 0 Å². The minimum absolute atomic E-state index is 0.0508. The number of benzene rings is 2. The Morgan fingerprint density at radius 2 is 1.68 bits per heavy atom. The average molecular weight is 370 g/mol. The minimum Gasteiger partial charge on any atom is -0.480 e. The van der Waals surface area contributed by atoms with Gasteiger partial charge < -0.3 is 10.2 Å². The van der Waals surface area contributed by atoms with Crippen LogP contribution in [0.15, 0.2) is 47.4 Å². The summed E-state index contributed by atoms with van der Waals surface area (Å²) in [6.45, 7) is 1.37. The molecule has 0 aliphatic rings. The summed E-state index contributed by atoms with van der Waals surface area (Å²) in [7, 11) is 0. The Hall–Kier alpha value is -2.48. The van der Waals surface area contributed by atoms with Crippen LogP contribution in [0.2, 0.25) is 0 Å². The van der Waals surface area contributed by atoms with E-state index in [0.717, 1.165) is 17.8 Å². The van der Waals surface area contributed by atoms with Crippen LogP contribution in [0.4, 0.5) is 13.2 Å². The number of hydrogen-bond donors (Lipinski definition) is 2. The molecule has 0 aliphatic heterocycles. The van der Waals surface area contributed by atoms with Crippen molar-refractivity contribution in [2.45, 2.75) is 23.2 Å². The van der Waals surface area contributed by atoms with Gasteiger partial charge in [0.25, 0.3) is 0 Å². The highest BCUT2D eigenvalue weighted by atomic mass is 32.2. The Labute approximate surface area is 145 Å². The smallest absolute Gasteiger partial charge is 0.417 e.